The van der Waals surface area contributed by atoms with E-state index < -0.39 is 5.41 Å². The van der Waals surface area contributed by atoms with Gasteiger partial charge in [-0.1, -0.05) is 154 Å². The molecule has 0 saturated carbocycles. The summed E-state index contributed by atoms with van der Waals surface area (Å²) in [6.45, 7) is 16.0. The third-order valence-electron chi connectivity index (χ3n) is 12.4. The van der Waals surface area contributed by atoms with Gasteiger partial charge in [0.2, 0.25) is 0 Å². The number of benzene rings is 8. The number of nitrogens with zero attached hydrogens (tertiary/aromatic N) is 1. The van der Waals surface area contributed by atoms with Crippen molar-refractivity contribution < 1.29 is 0 Å². The fraction of sp³-hybridized carbons (Fsp3) is 0.127. The van der Waals surface area contributed by atoms with Crippen LogP contribution in [0.3, 0.4) is 0 Å². The van der Waals surface area contributed by atoms with Gasteiger partial charge in [-0.05, 0) is 151 Å². The Hall–Kier alpha value is -6.44. The Morgan fingerprint density at radius 3 is 1.64 bits per heavy atom. The van der Waals surface area contributed by atoms with Gasteiger partial charge in [-0.3, -0.25) is 0 Å². The summed E-state index contributed by atoms with van der Waals surface area (Å²) in [6, 6.07) is 63.6. The zero-order valence-corrected chi connectivity index (χ0v) is 32.8. The normalized spacial score (nSPS) is 15.3. The van der Waals surface area contributed by atoms with Crippen LogP contribution in [0, 0.1) is 13.8 Å². The van der Waals surface area contributed by atoms with Gasteiger partial charge in [0.1, 0.15) is 0 Å². The molecule has 0 N–H and O–H groups in total. The number of hydrogen-bond acceptors (Lipinski definition) is 1. The van der Waals surface area contributed by atoms with Crippen LogP contribution in [0.2, 0.25) is 0 Å². The molecular weight excluding hydrogens is 675 g/mol. The smallest absolute Gasteiger partial charge is 0.0714 e. The largest absolute Gasteiger partial charge is 0.311 e. The van der Waals surface area contributed by atoms with Crippen LogP contribution in [0.1, 0.15) is 70.8 Å². The molecule has 0 saturated heterocycles. The zero-order valence-electron chi connectivity index (χ0n) is 32.8. The van der Waals surface area contributed by atoms with E-state index in [4.69, 9.17) is 6.58 Å². The first kappa shape index (κ1) is 34.1. The number of hydrogen-bond donors (Lipinski definition) is 0. The van der Waals surface area contributed by atoms with Gasteiger partial charge >= 0.3 is 0 Å². The van der Waals surface area contributed by atoms with Gasteiger partial charge in [-0.25, -0.2) is 0 Å². The van der Waals surface area contributed by atoms with Crippen LogP contribution in [0.25, 0.3) is 38.6 Å². The molecule has 1 atom stereocenters. The molecule has 1 heteroatoms. The minimum Gasteiger partial charge on any atom is -0.311 e. The summed E-state index contributed by atoms with van der Waals surface area (Å²) >= 11 is 0. The van der Waals surface area contributed by atoms with Crippen LogP contribution >= 0.6 is 0 Å². The number of fused-ring (bicyclic) bond motifs is 8. The lowest BCUT2D eigenvalue weighted by atomic mass is 9.66. The molecule has 8 aromatic rings. The second-order valence-corrected chi connectivity index (χ2v) is 16.8. The number of aryl methyl sites for hydroxylation is 2. The van der Waals surface area contributed by atoms with E-state index in [2.05, 4.69) is 209 Å². The fourth-order valence-corrected chi connectivity index (χ4v) is 9.64. The lowest BCUT2D eigenvalue weighted by molar-refractivity contribution is 0.589. The highest BCUT2D eigenvalue weighted by Crippen LogP contribution is 2.61. The van der Waals surface area contributed by atoms with Gasteiger partial charge in [0.05, 0.1) is 5.41 Å². The Balaban J connectivity index is 1.29. The molecule has 8 aromatic carbocycles. The quantitative estimate of drug-likeness (QED) is 0.171. The second-order valence-electron chi connectivity index (χ2n) is 16.8. The number of para-hydroxylation sites is 2. The van der Waals surface area contributed by atoms with Crippen LogP contribution in [0.4, 0.5) is 17.1 Å². The summed E-state index contributed by atoms with van der Waals surface area (Å²) in [5.74, 6) is 0. The summed E-state index contributed by atoms with van der Waals surface area (Å²) in [6.07, 6.45) is 0. The first-order chi connectivity index (χ1) is 27.1. The summed E-state index contributed by atoms with van der Waals surface area (Å²) in [5, 5.41) is 2.59. The third kappa shape index (κ3) is 5.00. The molecule has 0 radical (unpaired) electrons. The van der Waals surface area contributed by atoms with Crippen molar-refractivity contribution in [2.75, 3.05) is 4.90 Å². The molecule has 0 aliphatic heterocycles. The van der Waals surface area contributed by atoms with E-state index in [0.717, 1.165) is 22.6 Å². The van der Waals surface area contributed by atoms with Gasteiger partial charge < -0.3 is 4.90 Å². The molecule has 270 valence electrons. The average molecular weight is 720 g/mol. The molecule has 2 aliphatic carbocycles. The SMILES string of the molecule is C=C1c2cc(C)ccc2-c2cc3c(cc21)-c1c(cc(C)c2ccccc12)C3(c1ccc(N(c2ccccc2)c2ccccc2)cc1)c1ccc(C(C)(C)C)cc1. The molecule has 10 rings (SSSR count). The molecule has 0 fully saturated rings. The monoisotopic (exact) mass is 719 g/mol. The lowest BCUT2D eigenvalue weighted by Crippen LogP contribution is -2.29. The minimum absolute atomic E-state index is 0.0347. The Bertz CT molecular complexity index is 2800. The number of anilines is 3. The van der Waals surface area contributed by atoms with Crippen molar-refractivity contribution >= 4 is 33.4 Å². The van der Waals surface area contributed by atoms with Gasteiger partial charge in [0.25, 0.3) is 0 Å². The van der Waals surface area contributed by atoms with E-state index in [-0.39, 0.29) is 5.41 Å². The van der Waals surface area contributed by atoms with Crippen LogP contribution in [0.5, 0.6) is 0 Å². The second kappa shape index (κ2) is 12.5. The molecular formula is C55H45N. The van der Waals surface area contributed by atoms with E-state index >= 15 is 0 Å². The molecule has 0 aromatic heterocycles. The van der Waals surface area contributed by atoms with Gasteiger partial charge in [-0.2, -0.15) is 0 Å². The summed E-state index contributed by atoms with van der Waals surface area (Å²) in [5.41, 5.74) is 20.6. The summed E-state index contributed by atoms with van der Waals surface area (Å²) < 4.78 is 0. The highest BCUT2D eigenvalue weighted by Gasteiger charge is 2.48. The van der Waals surface area contributed by atoms with E-state index in [1.54, 1.807) is 0 Å². The topological polar surface area (TPSA) is 3.24 Å². The number of rotatable bonds is 5. The van der Waals surface area contributed by atoms with Crippen molar-refractivity contribution in [2.45, 2.75) is 45.4 Å². The van der Waals surface area contributed by atoms with Crippen LogP contribution in [-0.2, 0) is 10.8 Å². The molecule has 0 bridgehead atoms. The fourth-order valence-electron chi connectivity index (χ4n) is 9.64. The van der Waals surface area contributed by atoms with Crippen molar-refractivity contribution in [3.63, 3.8) is 0 Å². The highest BCUT2D eigenvalue weighted by atomic mass is 15.1. The summed E-state index contributed by atoms with van der Waals surface area (Å²) in [4.78, 5) is 2.35. The molecule has 1 nitrogen and oxygen atoms in total. The zero-order chi connectivity index (χ0) is 38.3. The van der Waals surface area contributed by atoms with Gasteiger partial charge in [0, 0.05) is 17.1 Å². The average Bonchev–Trinajstić information content (AvgIpc) is 3.65. The van der Waals surface area contributed by atoms with E-state index in [9.17, 15) is 0 Å². The van der Waals surface area contributed by atoms with Crippen molar-refractivity contribution in [1.82, 2.24) is 0 Å². The first-order valence-corrected chi connectivity index (χ1v) is 19.8. The molecule has 2 aliphatic rings. The maximum absolute atomic E-state index is 4.69. The van der Waals surface area contributed by atoms with Crippen LogP contribution in [-0.4, -0.2) is 0 Å². The van der Waals surface area contributed by atoms with E-state index in [1.165, 1.54) is 83.1 Å². The molecule has 0 heterocycles. The standard InChI is InChI=1S/C55H45N/c1-35-21-30-45-47(31-35)37(3)48-33-50-51(34-49(45)48)55(39-24-22-38(23-25-39)54(4,5)6,52-32-36(2)44-19-13-14-20-46(44)53(50)52)40-26-28-43(29-27-40)56(41-15-9-7-10-16-41)42-17-11-8-12-18-42/h7-34H,3H2,1-2,4-6H3. The third-order valence-corrected chi connectivity index (χ3v) is 12.4. The predicted molar refractivity (Wildman–Crippen MR) is 238 cm³/mol. The van der Waals surface area contributed by atoms with Crippen LogP contribution < -0.4 is 4.90 Å². The van der Waals surface area contributed by atoms with Crippen LogP contribution in [0.15, 0.2) is 176 Å². The van der Waals surface area contributed by atoms with Crippen molar-refractivity contribution in [1.29, 1.82) is 0 Å². The molecule has 56 heavy (non-hydrogen) atoms. The predicted octanol–water partition coefficient (Wildman–Crippen LogP) is 14.6. The Labute approximate surface area is 331 Å². The molecule has 0 amide bonds. The summed E-state index contributed by atoms with van der Waals surface area (Å²) in [7, 11) is 0. The Morgan fingerprint density at radius 2 is 1.02 bits per heavy atom. The Kier molecular flexibility index (Phi) is 7.64. The first-order valence-electron chi connectivity index (χ1n) is 19.8. The minimum atomic E-state index is -0.581. The lowest BCUT2D eigenvalue weighted by Gasteiger charge is -2.35. The van der Waals surface area contributed by atoms with Gasteiger partial charge in [0.15, 0.2) is 0 Å². The Morgan fingerprint density at radius 1 is 0.464 bits per heavy atom. The highest BCUT2D eigenvalue weighted by molar-refractivity contribution is 6.09. The molecule has 1 unspecified atom stereocenters. The molecule has 0 spiro atoms. The van der Waals surface area contributed by atoms with E-state index in [0.29, 0.717) is 0 Å². The van der Waals surface area contributed by atoms with Crippen molar-refractivity contribution in [2.24, 2.45) is 0 Å². The van der Waals surface area contributed by atoms with E-state index in [1.807, 2.05) is 0 Å². The van der Waals surface area contributed by atoms with Gasteiger partial charge in [-0.15, -0.1) is 0 Å². The maximum atomic E-state index is 4.69. The maximum Gasteiger partial charge on any atom is 0.0714 e. The van der Waals surface area contributed by atoms with Crippen molar-refractivity contribution in [3.05, 3.63) is 227 Å². The van der Waals surface area contributed by atoms with Crippen molar-refractivity contribution in [3.8, 4) is 22.3 Å².